The first-order valence-electron chi connectivity index (χ1n) is 13.0. The normalized spacial score (nSPS) is 26.2. The van der Waals surface area contributed by atoms with Crippen molar-refractivity contribution in [3.63, 3.8) is 0 Å². The Labute approximate surface area is 210 Å². The average Bonchev–Trinajstić information content (AvgIpc) is 3.19. The molecule has 4 amide bonds. The minimum atomic E-state index is -0.600. The maximum Gasteiger partial charge on any atom is 0.255 e. The fourth-order valence-electron chi connectivity index (χ4n) is 6.40. The molecule has 0 radical (unpaired) electrons. The van der Waals surface area contributed by atoms with Crippen LogP contribution in [0.2, 0.25) is 0 Å². The lowest BCUT2D eigenvalue weighted by molar-refractivity contribution is -0.137. The lowest BCUT2D eigenvalue weighted by atomic mass is 9.71. The van der Waals surface area contributed by atoms with Gasteiger partial charge in [-0.05, 0) is 31.4 Å². The summed E-state index contributed by atoms with van der Waals surface area (Å²) in [5.74, 6) is -0.577. The van der Waals surface area contributed by atoms with Gasteiger partial charge in [-0.3, -0.25) is 29.4 Å². The molecule has 0 saturated carbocycles. The molecule has 1 spiro atoms. The van der Waals surface area contributed by atoms with Crippen LogP contribution < -0.4 is 10.2 Å². The van der Waals surface area contributed by atoms with Crippen molar-refractivity contribution in [2.45, 2.75) is 38.3 Å². The molecule has 192 valence electrons. The molecule has 0 bridgehead atoms. The zero-order valence-corrected chi connectivity index (χ0v) is 20.5. The molecule has 0 aliphatic carbocycles. The Bertz CT molecular complexity index is 1080. The minimum absolute atomic E-state index is 0.135. The van der Waals surface area contributed by atoms with Crippen LogP contribution in [0.15, 0.2) is 18.2 Å². The summed E-state index contributed by atoms with van der Waals surface area (Å²) in [5, 5.41) is 2.37. The highest BCUT2D eigenvalue weighted by Crippen LogP contribution is 2.45. The van der Waals surface area contributed by atoms with Gasteiger partial charge in [-0.15, -0.1) is 0 Å². The molecule has 10 heteroatoms. The number of benzene rings is 1. The standard InChI is InChI=1S/C26H33N5O5/c32-22-5-4-21(24(34)27-22)31-14-19-18(25(31)35)2-1-3-20(19)30-16-26(17-30)6-8-29(9-7-26)23(33)15-28-10-12-36-13-11-28/h1-3,21H,4-17H2,(H,27,32,34). The number of piperidine rings is 2. The number of nitrogens with one attached hydrogen (secondary N) is 1. The van der Waals surface area contributed by atoms with Gasteiger partial charge in [0.25, 0.3) is 5.91 Å². The van der Waals surface area contributed by atoms with Crippen molar-refractivity contribution >= 4 is 29.3 Å². The number of carbonyl (C=O) groups excluding carboxylic acids is 4. The molecule has 1 N–H and O–H groups in total. The van der Waals surface area contributed by atoms with Gasteiger partial charge in [-0.2, -0.15) is 0 Å². The maximum atomic E-state index is 13.1. The molecule has 4 saturated heterocycles. The molecular formula is C26H33N5O5. The molecule has 6 rings (SSSR count). The van der Waals surface area contributed by atoms with Crippen molar-refractivity contribution in [3.05, 3.63) is 29.3 Å². The average molecular weight is 496 g/mol. The van der Waals surface area contributed by atoms with Gasteiger partial charge in [0.05, 0.1) is 19.8 Å². The number of morpholine rings is 1. The first-order valence-corrected chi connectivity index (χ1v) is 13.0. The fourth-order valence-corrected chi connectivity index (χ4v) is 6.40. The van der Waals surface area contributed by atoms with Crippen LogP contribution in [0.1, 0.15) is 41.6 Å². The number of rotatable bonds is 4. The summed E-state index contributed by atoms with van der Waals surface area (Å²) >= 11 is 0. The van der Waals surface area contributed by atoms with E-state index in [0.717, 1.165) is 63.4 Å². The molecule has 5 aliphatic heterocycles. The molecule has 1 atom stereocenters. The topological polar surface area (TPSA) is 102 Å². The fraction of sp³-hybridized carbons (Fsp3) is 0.615. The van der Waals surface area contributed by atoms with Crippen LogP contribution >= 0.6 is 0 Å². The Morgan fingerprint density at radius 1 is 1.06 bits per heavy atom. The third-order valence-corrected chi connectivity index (χ3v) is 8.59. The van der Waals surface area contributed by atoms with Crippen molar-refractivity contribution < 1.29 is 23.9 Å². The molecule has 1 aromatic carbocycles. The largest absolute Gasteiger partial charge is 0.379 e. The second-order valence-electron chi connectivity index (χ2n) is 10.8. The highest BCUT2D eigenvalue weighted by Gasteiger charge is 2.47. The van der Waals surface area contributed by atoms with E-state index in [0.29, 0.717) is 38.3 Å². The van der Waals surface area contributed by atoms with E-state index in [1.165, 1.54) is 0 Å². The summed E-state index contributed by atoms with van der Waals surface area (Å²) in [6.07, 6.45) is 2.61. The van der Waals surface area contributed by atoms with Crippen molar-refractivity contribution in [1.82, 2.24) is 20.0 Å². The van der Waals surface area contributed by atoms with Crippen molar-refractivity contribution in [2.75, 3.05) is 63.9 Å². The first kappa shape index (κ1) is 23.4. The molecule has 1 unspecified atom stereocenters. The van der Waals surface area contributed by atoms with Gasteiger partial charge in [0.15, 0.2) is 0 Å². The molecule has 5 aliphatic rings. The van der Waals surface area contributed by atoms with Crippen LogP contribution in [-0.4, -0.2) is 103 Å². The van der Waals surface area contributed by atoms with E-state index < -0.39 is 6.04 Å². The van der Waals surface area contributed by atoms with Gasteiger partial charge < -0.3 is 19.4 Å². The van der Waals surface area contributed by atoms with E-state index >= 15 is 0 Å². The van der Waals surface area contributed by atoms with Gasteiger partial charge in [-0.25, -0.2) is 0 Å². The number of ether oxygens (including phenoxy) is 1. The summed E-state index contributed by atoms with van der Waals surface area (Å²) in [6.45, 7) is 7.35. The zero-order valence-electron chi connectivity index (χ0n) is 20.5. The number of hydrogen-bond acceptors (Lipinski definition) is 7. The van der Waals surface area contributed by atoms with Crippen molar-refractivity contribution in [3.8, 4) is 0 Å². The molecule has 0 aromatic heterocycles. The van der Waals surface area contributed by atoms with Gasteiger partial charge in [0, 0.05) is 74.5 Å². The number of carbonyl (C=O) groups is 4. The maximum absolute atomic E-state index is 13.1. The van der Waals surface area contributed by atoms with E-state index in [2.05, 4.69) is 21.2 Å². The molecule has 1 aromatic rings. The number of amides is 4. The quantitative estimate of drug-likeness (QED) is 0.596. The molecule has 36 heavy (non-hydrogen) atoms. The number of likely N-dealkylation sites (tertiary alicyclic amines) is 1. The summed E-state index contributed by atoms with van der Waals surface area (Å²) in [7, 11) is 0. The molecule has 10 nitrogen and oxygen atoms in total. The lowest BCUT2D eigenvalue weighted by Gasteiger charge is -2.55. The van der Waals surface area contributed by atoms with E-state index in [-0.39, 0.29) is 35.5 Å². The lowest BCUT2D eigenvalue weighted by Crippen LogP contribution is -2.61. The summed E-state index contributed by atoms with van der Waals surface area (Å²) in [4.78, 5) is 58.0. The predicted molar refractivity (Wildman–Crippen MR) is 130 cm³/mol. The SMILES string of the molecule is O=C1CCC(N2Cc3c(cccc3N3CC4(CCN(C(=O)CN5CCOCC5)CC4)C3)C2=O)C(=O)N1. The third kappa shape index (κ3) is 4.16. The van der Waals surface area contributed by atoms with Crippen molar-refractivity contribution in [1.29, 1.82) is 0 Å². The summed E-state index contributed by atoms with van der Waals surface area (Å²) < 4.78 is 5.38. The van der Waals surface area contributed by atoms with Gasteiger partial charge in [0.2, 0.25) is 17.7 Å². The minimum Gasteiger partial charge on any atom is -0.379 e. The molecular weight excluding hydrogens is 462 g/mol. The van der Waals surface area contributed by atoms with E-state index in [9.17, 15) is 19.2 Å². The molecule has 5 heterocycles. The Kier molecular flexibility index (Phi) is 5.95. The Morgan fingerprint density at radius 2 is 1.81 bits per heavy atom. The predicted octanol–water partition coefficient (Wildman–Crippen LogP) is 0.209. The number of nitrogens with zero attached hydrogens (tertiary/aromatic N) is 4. The number of fused-ring (bicyclic) bond motifs is 1. The summed E-state index contributed by atoms with van der Waals surface area (Å²) in [6, 6.07) is 5.21. The number of anilines is 1. The van der Waals surface area contributed by atoms with Gasteiger partial charge in [-0.1, -0.05) is 6.07 Å². The highest BCUT2D eigenvalue weighted by molar-refractivity contribution is 6.06. The Balaban J connectivity index is 1.07. The monoisotopic (exact) mass is 495 g/mol. The second-order valence-corrected chi connectivity index (χ2v) is 10.8. The first-order chi connectivity index (χ1) is 17.4. The zero-order chi connectivity index (χ0) is 24.9. The number of imide groups is 1. The Hall–Kier alpha value is -2.98. The Morgan fingerprint density at radius 3 is 2.53 bits per heavy atom. The van der Waals surface area contributed by atoms with Gasteiger partial charge >= 0.3 is 0 Å². The third-order valence-electron chi connectivity index (χ3n) is 8.59. The van der Waals surface area contributed by atoms with Crippen LogP contribution in [0.25, 0.3) is 0 Å². The van der Waals surface area contributed by atoms with E-state index in [4.69, 9.17) is 4.74 Å². The van der Waals surface area contributed by atoms with Gasteiger partial charge in [0.1, 0.15) is 6.04 Å². The number of hydrogen-bond donors (Lipinski definition) is 1. The van der Waals surface area contributed by atoms with E-state index in [1.54, 1.807) is 4.90 Å². The highest BCUT2D eigenvalue weighted by atomic mass is 16.5. The van der Waals surface area contributed by atoms with Crippen LogP contribution in [0.3, 0.4) is 0 Å². The van der Waals surface area contributed by atoms with E-state index in [1.807, 2.05) is 17.0 Å². The van der Waals surface area contributed by atoms with Crippen LogP contribution in [0, 0.1) is 5.41 Å². The second kappa shape index (κ2) is 9.15. The summed E-state index contributed by atoms with van der Waals surface area (Å²) in [5.41, 5.74) is 2.90. The van der Waals surface area contributed by atoms with Crippen LogP contribution in [0.5, 0.6) is 0 Å². The smallest absolute Gasteiger partial charge is 0.255 e. The van der Waals surface area contributed by atoms with Crippen LogP contribution in [0.4, 0.5) is 5.69 Å². The molecule has 4 fully saturated rings. The van der Waals surface area contributed by atoms with Crippen LogP contribution in [-0.2, 0) is 25.7 Å². The van der Waals surface area contributed by atoms with Crippen molar-refractivity contribution in [2.24, 2.45) is 5.41 Å².